The maximum Gasteiger partial charge on any atom is 0.160 e. The van der Waals surface area contributed by atoms with Gasteiger partial charge >= 0.3 is 0 Å². The summed E-state index contributed by atoms with van der Waals surface area (Å²) in [6, 6.07) is 39.6. The number of hydrogen-bond donors (Lipinski definition) is 0. The molecule has 0 radical (unpaired) electrons. The van der Waals surface area contributed by atoms with Gasteiger partial charge in [0, 0.05) is 63.9 Å². The predicted octanol–water partition coefficient (Wildman–Crippen LogP) is 11.6. The Hall–Kier alpha value is -5.84. The molecule has 46 heavy (non-hydrogen) atoms. The monoisotopic (exact) mass is 608 g/mol. The lowest BCUT2D eigenvalue weighted by molar-refractivity contribution is 1.18. The van der Waals surface area contributed by atoms with E-state index in [4.69, 9.17) is 16.8 Å². The highest BCUT2D eigenvalue weighted by atomic mass is 32.1. The minimum Gasteiger partial charge on any atom is -0.309 e. The van der Waals surface area contributed by atoms with Crippen molar-refractivity contribution in [1.29, 1.82) is 0 Å². The van der Waals surface area contributed by atoms with E-state index in [9.17, 15) is 0 Å². The molecule has 0 saturated carbocycles. The van der Waals surface area contributed by atoms with E-state index in [1.165, 1.54) is 41.7 Å². The van der Waals surface area contributed by atoms with Crippen LogP contribution in [0.15, 0.2) is 152 Å². The zero-order valence-electron chi connectivity index (χ0n) is 29.3. The smallest absolute Gasteiger partial charge is 0.160 e. The molecular weight excluding hydrogens is 579 g/mol. The Morgan fingerprint density at radius 1 is 0.543 bits per heavy atom. The van der Waals surface area contributed by atoms with Gasteiger partial charge in [0.25, 0.3) is 0 Å². The van der Waals surface area contributed by atoms with Gasteiger partial charge in [0.1, 0.15) is 0 Å². The molecule has 214 valence electrons. The third kappa shape index (κ3) is 3.65. The fourth-order valence-electron chi connectivity index (χ4n) is 6.91. The molecule has 4 heteroatoms. The number of aromatic nitrogens is 3. The summed E-state index contributed by atoms with van der Waals surface area (Å²) in [5.74, 6) is 0.404. The Bertz CT molecular complexity index is 3060. The summed E-state index contributed by atoms with van der Waals surface area (Å²) in [5, 5.41) is 8.00. The van der Waals surface area contributed by atoms with Gasteiger partial charge in [-0.25, -0.2) is 9.97 Å². The minimum absolute atomic E-state index is 0.0573. The van der Waals surface area contributed by atoms with Crippen LogP contribution in [0.3, 0.4) is 0 Å². The number of benzene rings is 7. The number of para-hydroxylation sites is 2. The van der Waals surface area contributed by atoms with Crippen molar-refractivity contribution >= 4 is 75.0 Å². The Balaban J connectivity index is 1.22. The largest absolute Gasteiger partial charge is 0.309 e. The van der Waals surface area contributed by atoms with Crippen LogP contribution in [-0.4, -0.2) is 14.5 Å². The molecule has 0 unspecified atom stereocenters. The molecule has 0 bridgehead atoms. The normalized spacial score (nSPS) is 13.4. The molecule has 0 aliphatic heterocycles. The second-order valence-electron chi connectivity index (χ2n) is 11.4. The van der Waals surface area contributed by atoms with Gasteiger partial charge in [0.05, 0.1) is 29.1 Å². The molecule has 0 fully saturated rings. The van der Waals surface area contributed by atoms with Crippen molar-refractivity contribution in [1.82, 2.24) is 14.5 Å². The SMILES string of the molecule is [2H]c1c([2H])c([2H])c(-c2nc(-c3ccc(-n4c5ccccc5c5c6c7ccccc7sc6c6ccccc6c54)cc3)nc3ccccc23)c([2H])c1[2H]. The maximum atomic E-state index is 8.67. The molecule has 3 aromatic heterocycles. The van der Waals surface area contributed by atoms with Crippen molar-refractivity contribution in [3.63, 3.8) is 0 Å². The fraction of sp³-hybridized carbons (Fsp3) is 0. The van der Waals surface area contributed by atoms with Crippen molar-refractivity contribution in [2.75, 3.05) is 0 Å². The molecule has 3 heterocycles. The summed E-state index contributed by atoms with van der Waals surface area (Å²) >= 11 is 1.85. The molecular formula is C42H25N3S. The molecule has 0 spiro atoms. The van der Waals surface area contributed by atoms with Crippen molar-refractivity contribution in [2.45, 2.75) is 0 Å². The number of fused-ring (bicyclic) bond motifs is 11. The highest BCUT2D eigenvalue weighted by Crippen LogP contribution is 2.47. The summed E-state index contributed by atoms with van der Waals surface area (Å²) in [4.78, 5) is 9.75. The predicted molar refractivity (Wildman–Crippen MR) is 195 cm³/mol. The van der Waals surface area contributed by atoms with Crippen LogP contribution >= 0.6 is 11.3 Å². The van der Waals surface area contributed by atoms with Crippen LogP contribution < -0.4 is 0 Å². The van der Waals surface area contributed by atoms with Gasteiger partial charge in [-0.15, -0.1) is 11.3 Å². The van der Waals surface area contributed by atoms with E-state index in [1.807, 2.05) is 47.7 Å². The van der Waals surface area contributed by atoms with E-state index >= 15 is 0 Å². The molecule has 0 aliphatic rings. The first-order valence-corrected chi connectivity index (χ1v) is 15.9. The van der Waals surface area contributed by atoms with Crippen molar-refractivity contribution in [3.05, 3.63) is 152 Å². The molecule has 10 rings (SSSR count). The van der Waals surface area contributed by atoms with Gasteiger partial charge in [-0.3, -0.25) is 0 Å². The van der Waals surface area contributed by atoms with E-state index < -0.39 is 18.1 Å². The number of thiophene rings is 1. The standard InChI is InChI=1S/C42H25N3S/c1-2-12-26(13-3-1)39-31-16-6-9-19-34(31)43-42(44-39)27-22-24-28(25-23-27)45-35-20-10-7-17-32(35)37-38-33-18-8-11-21-36(33)46-41(38)30-15-5-4-14-29(30)40(37)45/h1-25H/i1D,2D,3D,12D,13D. The second kappa shape index (κ2) is 9.83. The van der Waals surface area contributed by atoms with Crippen LogP contribution in [0.5, 0.6) is 0 Å². The highest BCUT2D eigenvalue weighted by Gasteiger charge is 2.21. The fourth-order valence-corrected chi connectivity index (χ4v) is 8.16. The van der Waals surface area contributed by atoms with Crippen LogP contribution in [-0.2, 0) is 0 Å². The average Bonchev–Trinajstić information content (AvgIpc) is 3.73. The van der Waals surface area contributed by atoms with Crippen LogP contribution in [0.4, 0.5) is 0 Å². The molecule has 7 aromatic carbocycles. The number of rotatable bonds is 3. The van der Waals surface area contributed by atoms with Gasteiger partial charge in [-0.05, 0) is 42.5 Å². The molecule has 3 nitrogen and oxygen atoms in total. The second-order valence-corrected chi connectivity index (χ2v) is 12.4. The van der Waals surface area contributed by atoms with Crippen LogP contribution in [0, 0.1) is 0 Å². The Labute approximate surface area is 275 Å². The van der Waals surface area contributed by atoms with Crippen LogP contribution in [0.2, 0.25) is 0 Å². The van der Waals surface area contributed by atoms with E-state index in [2.05, 4.69) is 89.5 Å². The van der Waals surface area contributed by atoms with Crippen LogP contribution in [0.1, 0.15) is 6.85 Å². The van der Waals surface area contributed by atoms with Crippen molar-refractivity contribution in [2.24, 2.45) is 0 Å². The third-order valence-electron chi connectivity index (χ3n) is 8.87. The molecule has 0 aliphatic carbocycles. The lowest BCUT2D eigenvalue weighted by atomic mass is 10.00. The number of nitrogens with zero attached hydrogens (tertiary/aromatic N) is 3. The first-order valence-electron chi connectivity index (χ1n) is 17.6. The highest BCUT2D eigenvalue weighted by molar-refractivity contribution is 7.27. The van der Waals surface area contributed by atoms with Gasteiger partial charge in [0.15, 0.2) is 5.82 Å². The Morgan fingerprint density at radius 2 is 1.22 bits per heavy atom. The van der Waals surface area contributed by atoms with Gasteiger partial charge in [-0.2, -0.15) is 0 Å². The Kier molecular flexibility index (Phi) is 4.49. The summed E-state index contributed by atoms with van der Waals surface area (Å²) in [6.07, 6.45) is 0. The maximum absolute atomic E-state index is 8.67. The lowest BCUT2D eigenvalue weighted by Crippen LogP contribution is -1.97. The first kappa shape index (κ1) is 21.0. The Morgan fingerprint density at radius 3 is 2.04 bits per heavy atom. The van der Waals surface area contributed by atoms with Crippen molar-refractivity contribution < 1.29 is 6.85 Å². The lowest BCUT2D eigenvalue weighted by Gasteiger charge is -2.12. The van der Waals surface area contributed by atoms with E-state index in [0.29, 0.717) is 22.4 Å². The average molecular weight is 609 g/mol. The minimum atomic E-state index is -0.436. The number of hydrogen-bond acceptors (Lipinski definition) is 3. The molecule has 10 aromatic rings. The quantitative estimate of drug-likeness (QED) is 0.200. The van der Waals surface area contributed by atoms with E-state index in [0.717, 1.165) is 22.3 Å². The van der Waals surface area contributed by atoms with E-state index in [-0.39, 0.29) is 17.6 Å². The summed E-state index contributed by atoms with van der Waals surface area (Å²) in [6.45, 7) is 0. The van der Waals surface area contributed by atoms with Gasteiger partial charge < -0.3 is 4.57 Å². The van der Waals surface area contributed by atoms with Gasteiger partial charge in [0.2, 0.25) is 0 Å². The zero-order chi connectivity index (χ0) is 34.5. The molecule has 0 amide bonds. The van der Waals surface area contributed by atoms with Gasteiger partial charge in [-0.1, -0.05) is 109 Å². The summed E-state index contributed by atoms with van der Waals surface area (Å²) < 4.78 is 46.9. The summed E-state index contributed by atoms with van der Waals surface area (Å²) in [7, 11) is 0. The molecule has 0 saturated heterocycles. The van der Waals surface area contributed by atoms with Crippen LogP contribution in [0.25, 0.3) is 92.0 Å². The summed E-state index contributed by atoms with van der Waals surface area (Å²) in [5.41, 5.74) is 4.98. The topological polar surface area (TPSA) is 30.7 Å². The third-order valence-corrected chi connectivity index (χ3v) is 10.1. The molecule has 0 N–H and O–H groups in total. The van der Waals surface area contributed by atoms with E-state index in [1.54, 1.807) is 0 Å². The zero-order valence-corrected chi connectivity index (χ0v) is 25.1. The first-order chi connectivity index (χ1) is 24.9. The van der Waals surface area contributed by atoms with Crippen molar-refractivity contribution in [3.8, 4) is 28.3 Å². The molecule has 0 atom stereocenters.